The van der Waals surface area contributed by atoms with E-state index in [0.29, 0.717) is 25.0 Å². The summed E-state index contributed by atoms with van der Waals surface area (Å²) in [6.45, 7) is 26.0. The number of nitrogens with one attached hydrogen (secondary N) is 1. The van der Waals surface area contributed by atoms with Crippen LogP contribution in [0, 0.1) is 25.7 Å². The molecule has 0 aromatic carbocycles. The van der Waals surface area contributed by atoms with Crippen molar-refractivity contribution in [1.82, 2.24) is 10.2 Å². The Hall–Kier alpha value is 1.11. The van der Waals surface area contributed by atoms with E-state index >= 15 is 0 Å². The first-order valence-corrected chi connectivity index (χ1v) is 21.1. The van der Waals surface area contributed by atoms with E-state index in [1.807, 2.05) is 0 Å². The molecule has 4 nitrogen and oxygen atoms in total. The van der Waals surface area contributed by atoms with Gasteiger partial charge in [0.1, 0.15) is 0 Å². The number of allylic oxidation sites excluding steroid dienone is 4. The van der Waals surface area contributed by atoms with Crippen LogP contribution in [0.3, 0.4) is 0 Å². The molecule has 1 radical (unpaired) electrons. The van der Waals surface area contributed by atoms with E-state index in [9.17, 15) is 0 Å². The summed E-state index contributed by atoms with van der Waals surface area (Å²) in [5, 5.41) is 20.7. The summed E-state index contributed by atoms with van der Waals surface area (Å²) in [6.07, 6.45) is 36.4. The van der Waals surface area contributed by atoms with Gasteiger partial charge in [0.05, 0.1) is 0 Å². The van der Waals surface area contributed by atoms with Crippen LogP contribution in [-0.4, -0.2) is 61.6 Å². The second-order valence-corrected chi connectivity index (χ2v) is 15.3. The maximum atomic E-state index is 8.68. The van der Waals surface area contributed by atoms with Gasteiger partial charge in [-0.3, -0.25) is 0 Å². The van der Waals surface area contributed by atoms with Crippen LogP contribution in [0.5, 0.6) is 0 Å². The van der Waals surface area contributed by atoms with Crippen molar-refractivity contribution in [1.29, 1.82) is 0 Å². The first-order valence-electron chi connectivity index (χ1n) is 21.1. The molecule has 0 bridgehead atoms. The maximum Gasteiger partial charge on any atom is 0.0456 e. The Morgan fingerprint density at radius 2 is 0.843 bits per heavy atom. The first-order chi connectivity index (χ1) is 23.7. The minimum atomic E-state index is 0. The number of hydrogen-bond acceptors (Lipinski definition) is 4. The van der Waals surface area contributed by atoms with Crippen molar-refractivity contribution >= 4 is 0 Å². The number of aliphatic hydroxyl groups excluding tert-OH is 2. The first kappa shape index (κ1) is 61.3. The number of nitrogens with zero attached hydrogens (tertiary/aromatic N) is 1. The molecule has 0 spiro atoms. The van der Waals surface area contributed by atoms with Gasteiger partial charge < -0.3 is 34.3 Å². The van der Waals surface area contributed by atoms with Crippen molar-refractivity contribution < 1.29 is 64.0 Å². The van der Waals surface area contributed by atoms with Crippen LogP contribution in [-0.2, 0) is 53.8 Å². The van der Waals surface area contributed by atoms with Crippen molar-refractivity contribution in [2.75, 3.05) is 46.4 Å². The van der Waals surface area contributed by atoms with Gasteiger partial charge in [-0.2, -0.15) is 12.8 Å². The summed E-state index contributed by atoms with van der Waals surface area (Å²) in [6, 6.07) is 0. The molecule has 2 unspecified atom stereocenters. The van der Waals surface area contributed by atoms with Gasteiger partial charge in [-0.05, 0) is 98.2 Å². The zero-order valence-electron chi connectivity index (χ0n) is 35.8. The monoisotopic (exact) mass is 966 g/mol. The van der Waals surface area contributed by atoms with E-state index in [1.54, 1.807) is 0 Å². The molecule has 0 aliphatic heterocycles. The molecular formula is C45H92N2O2WY-2. The minimum absolute atomic E-state index is 0. The largest absolute Gasteiger partial charge is 0.396 e. The van der Waals surface area contributed by atoms with Gasteiger partial charge >= 0.3 is 0 Å². The third kappa shape index (κ3) is 60.6. The molecule has 2 atom stereocenters. The number of unbranched alkanes of at least 4 members (excludes halogenated alkanes) is 18. The van der Waals surface area contributed by atoms with Gasteiger partial charge in [0, 0.05) is 80.1 Å². The Morgan fingerprint density at radius 3 is 1.10 bits per heavy atom. The number of likely N-dealkylation sites (N-methyl/N-ethyl adjacent to an activating group) is 1. The molecule has 0 aromatic rings. The van der Waals surface area contributed by atoms with Crippen molar-refractivity contribution in [3.05, 3.63) is 37.1 Å². The van der Waals surface area contributed by atoms with Gasteiger partial charge in [0.15, 0.2) is 0 Å². The molecule has 0 fully saturated rings. The van der Waals surface area contributed by atoms with Crippen LogP contribution < -0.4 is 5.32 Å². The van der Waals surface area contributed by atoms with E-state index in [4.69, 9.17) is 10.2 Å². The molecule has 51 heavy (non-hydrogen) atoms. The predicted octanol–water partition coefficient (Wildman–Crippen LogP) is 12.7. The quantitative estimate of drug-likeness (QED) is 0.0348. The Morgan fingerprint density at radius 1 is 0.549 bits per heavy atom. The standard InChI is InChI=1S/C27H56N2.2C9H18O.W.Y/c1-4-6-8-10-12-14-16-18-20-22-25-29(27-24-28-3)26-23-21-19-17-15-13-11-9-7-5-2;2*1-8(2)5-4-6-9(3)7-10;;/h28H,1-2,4-27H2,3H3;2*5,9-10H,4,6-7H2,1-3H3;;/q-2;;;;. The molecule has 0 aliphatic rings. The van der Waals surface area contributed by atoms with Crippen LogP contribution >= 0.6 is 0 Å². The van der Waals surface area contributed by atoms with Crippen molar-refractivity contribution in [3.63, 3.8) is 0 Å². The summed E-state index contributed by atoms with van der Waals surface area (Å²) in [5.74, 6) is 0.909. The molecule has 0 saturated heterocycles. The molecule has 0 rings (SSSR count). The predicted molar refractivity (Wildman–Crippen MR) is 223 cm³/mol. The fourth-order valence-corrected chi connectivity index (χ4v) is 5.60. The SMILES string of the molecule is CC(C)=CCCC(C)CO.CC(C)=CCCC(C)CO.[CH2-]CCCCCCCCCCCN(CCCCCCCCCCC[CH2-])CCNC.[W].[Y]. The molecule has 0 aromatic heterocycles. The van der Waals surface area contributed by atoms with Crippen LogP contribution in [0.1, 0.15) is 196 Å². The van der Waals surface area contributed by atoms with Gasteiger partial charge in [-0.25, -0.2) is 0 Å². The summed E-state index contributed by atoms with van der Waals surface area (Å²) in [7, 11) is 2.08. The Kier molecular flexibility index (Phi) is 64.0. The normalized spacial score (nSPS) is 11.6. The Balaban J connectivity index is -0.000000262. The van der Waals surface area contributed by atoms with Crippen LogP contribution in [0.2, 0.25) is 0 Å². The van der Waals surface area contributed by atoms with Crippen LogP contribution in [0.4, 0.5) is 0 Å². The fourth-order valence-electron chi connectivity index (χ4n) is 5.60. The van der Waals surface area contributed by atoms with Crippen LogP contribution in [0.15, 0.2) is 23.3 Å². The van der Waals surface area contributed by atoms with Gasteiger partial charge in [-0.15, -0.1) is 0 Å². The van der Waals surface area contributed by atoms with Crippen molar-refractivity contribution in [3.8, 4) is 0 Å². The average molecular weight is 966 g/mol. The molecule has 305 valence electrons. The summed E-state index contributed by atoms with van der Waals surface area (Å²) < 4.78 is 0. The zero-order chi connectivity index (χ0) is 37.2. The van der Waals surface area contributed by atoms with E-state index in [1.165, 1.54) is 146 Å². The fraction of sp³-hybridized carbons (Fsp3) is 0.867. The molecule has 3 N–H and O–H groups in total. The molecule has 0 saturated carbocycles. The summed E-state index contributed by atoms with van der Waals surface area (Å²) >= 11 is 0. The number of hydrogen-bond donors (Lipinski definition) is 3. The molecular weight excluding hydrogens is 873 g/mol. The third-order valence-corrected chi connectivity index (χ3v) is 9.17. The Labute approximate surface area is 362 Å². The van der Waals surface area contributed by atoms with Crippen LogP contribution in [0.25, 0.3) is 0 Å². The molecule has 0 aliphatic carbocycles. The van der Waals surface area contributed by atoms with E-state index < -0.39 is 0 Å². The van der Waals surface area contributed by atoms with E-state index in [2.05, 4.69) is 84.8 Å². The van der Waals surface area contributed by atoms with E-state index in [0.717, 1.165) is 45.1 Å². The van der Waals surface area contributed by atoms with Crippen molar-refractivity contribution in [2.45, 2.75) is 196 Å². The molecule has 0 heterocycles. The number of aliphatic hydroxyl groups is 2. The average Bonchev–Trinajstić information content (AvgIpc) is 3.08. The molecule has 0 amide bonds. The summed E-state index contributed by atoms with van der Waals surface area (Å²) in [5.41, 5.74) is 2.73. The molecule has 6 heteroatoms. The third-order valence-electron chi connectivity index (χ3n) is 9.17. The summed E-state index contributed by atoms with van der Waals surface area (Å²) in [4.78, 5) is 2.70. The van der Waals surface area contributed by atoms with Gasteiger partial charge in [0.25, 0.3) is 0 Å². The second kappa shape index (κ2) is 53.2. The Bertz CT molecular complexity index is 617. The smallest absolute Gasteiger partial charge is 0.0456 e. The van der Waals surface area contributed by atoms with E-state index in [-0.39, 0.29) is 53.8 Å². The number of rotatable bonds is 33. The zero-order valence-corrected chi connectivity index (χ0v) is 41.5. The topological polar surface area (TPSA) is 55.7 Å². The van der Waals surface area contributed by atoms with Gasteiger partial charge in [0.2, 0.25) is 0 Å². The maximum absolute atomic E-state index is 8.68. The van der Waals surface area contributed by atoms with Gasteiger partial charge in [-0.1, -0.05) is 140 Å². The van der Waals surface area contributed by atoms with Crippen molar-refractivity contribution in [2.24, 2.45) is 11.8 Å². The second-order valence-electron chi connectivity index (χ2n) is 15.3. The minimum Gasteiger partial charge on any atom is -0.396 e.